The zero-order valence-electron chi connectivity index (χ0n) is 14.9. The number of rotatable bonds is 5. The largest absolute Gasteiger partial charge is 0.380 e. The molecule has 1 aromatic heterocycles. The van der Waals surface area contributed by atoms with Gasteiger partial charge in [0.15, 0.2) is 0 Å². The molecular weight excluding hydrogens is 356 g/mol. The normalized spacial score (nSPS) is 12.2. The molecule has 140 valence electrons. The van der Waals surface area contributed by atoms with Crippen LogP contribution in [0.15, 0.2) is 65.6 Å². The van der Waals surface area contributed by atoms with E-state index in [0.29, 0.717) is 29.9 Å². The molecule has 0 spiro atoms. The maximum atomic E-state index is 12.8. The van der Waals surface area contributed by atoms with Gasteiger partial charge in [0.25, 0.3) is 5.91 Å². The molecule has 0 bridgehead atoms. The van der Waals surface area contributed by atoms with Crippen LogP contribution in [0.4, 0.5) is 17.1 Å². The van der Waals surface area contributed by atoms with Crippen molar-refractivity contribution in [2.75, 3.05) is 16.0 Å². The second-order valence-corrected chi connectivity index (χ2v) is 6.51. The average molecular weight is 374 g/mol. The molecule has 0 fully saturated rings. The number of carbonyl (C=O) groups is 2. The molecular formula is C21H18N4O3. The molecule has 4 rings (SSSR count). The van der Waals surface area contributed by atoms with Gasteiger partial charge in [-0.05, 0) is 41.5 Å². The van der Waals surface area contributed by atoms with Gasteiger partial charge in [-0.1, -0.05) is 18.2 Å². The summed E-state index contributed by atoms with van der Waals surface area (Å²) in [6, 6.07) is 15.8. The average Bonchev–Trinajstić information content (AvgIpc) is 3.07. The van der Waals surface area contributed by atoms with E-state index < -0.39 is 0 Å². The standard InChI is InChI=1S/C21H18N4O3/c26-19-8-5-13(12-23-19)11-22-18-4-2-1-3-16(18)21(28)24-15-6-7-17-14(9-15)10-20(27)25-17/h1-9,12,22H,10-11H2,(H,23,26)(H,24,28)(H,25,27). The Hall–Kier alpha value is -3.87. The summed E-state index contributed by atoms with van der Waals surface area (Å²) >= 11 is 0. The number of H-pyrrole nitrogens is 1. The molecule has 4 N–H and O–H groups in total. The maximum absolute atomic E-state index is 12.8. The van der Waals surface area contributed by atoms with Crippen molar-refractivity contribution in [2.24, 2.45) is 0 Å². The van der Waals surface area contributed by atoms with E-state index in [1.165, 1.54) is 6.07 Å². The van der Waals surface area contributed by atoms with Crippen LogP contribution in [-0.4, -0.2) is 16.8 Å². The summed E-state index contributed by atoms with van der Waals surface area (Å²) in [6.45, 7) is 0.466. The molecule has 2 heterocycles. The summed E-state index contributed by atoms with van der Waals surface area (Å²) in [7, 11) is 0. The second kappa shape index (κ2) is 7.40. The number of benzene rings is 2. The fourth-order valence-corrected chi connectivity index (χ4v) is 3.09. The minimum Gasteiger partial charge on any atom is -0.380 e. The molecule has 7 nitrogen and oxygen atoms in total. The van der Waals surface area contributed by atoms with Gasteiger partial charge in [-0.2, -0.15) is 0 Å². The van der Waals surface area contributed by atoms with Crippen LogP contribution in [0.25, 0.3) is 0 Å². The first kappa shape index (κ1) is 17.5. The van der Waals surface area contributed by atoms with Crippen LogP contribution in [0, 0.1) is 0 Å². The van der Waals surface area contributed by atoms with Gasteiger partial charge in [-0.3, -0.25) is 14.4 Å². The summed E-state index contributed by atoms with van der Waals surface area (Å²) < 4.78 is 0. The van der Waals surface area contributed by atoms with Crippen LogP contribution >= 0.6 is 0 Å². The first-order valence-corrected chi connectivity index (χ1v) is 8.83. The summed E-state index contributed by atoms with van der Waals surface area (Å²) in [6.07, 6.45) is 1.95. The van der Waals surface area contributed by atoms with E-state index in [2.05, 4.69) is 20.9 Å². The SMILES string of the molecule is O=C1Cc2cc(NC(=O)c3ccccc3NCc3ccc(=O)[nH]c3)ccc2N1. The summed E-state index contributed by atoms with van der Waals surface area (Å²) in [5.74, 6) is -0.294. The highest BCUT2D eigenvalue weighted by Gasteiger charge is 2.18. The molecule has 7 heteroatoms. The molecule has 3 aromatic rings. The Balaban J connectivity index is 1.49. The van der Waals surface area contributed by atoms with E-state index in [1.54, 1.807) is 36.5 Å². The lowest BCUT2D eigenvalue weighted by Crippen LogP contribution is -2.15. The van der Waals surface area contributed by atoms with Crippen molar-refractivity contribution in [3.05, 3.63) is 87.8 Å². The topological polar surface area (TPSA) is 103 Å². The molecule has 0 saturated heterocycles. The van der Waals surface area contributed by atoms with Gasteiger partial charge in [-0.15, -0.1) is 0 Å². The molecule has 2 amide bonds. The van der Waals surface area contributed by atoms with E-state index >= 15 is 0 Å². The molecule has 0 saturated carbocycles. The van der Waals surface area contributed by atoms with Gasteiger partial charge < -0.3 is 20.9 Å². The van der Waals surface area contributed by atoms with Crippen LogP contribution in [0.1, 0.15) is 21.5 Å². The molecule has 1 aliphatic rings. The smallest absolute Gasteiger partial charge is 0.257 e. The van der Waals surface area contributed by atoms with Crippen molar-refractivity contribution in [3.8, 4) is 0 Å². The number of aromatic amines is 1. The third-order valence-corrected chi connectivity index (χ3v) is 4.49. The van der Waals surface area contributed by atoms with Gasteiger partial charge in [0.1, 0.15) is 0 Å². The molecule has 0 aliphatic carbocycles. The van der Waals surface area contributed by atoms with Crippen LogP contribution in [0.5, 0.6) is 0 Å². The monoisotopic (exact) mass is 374 g/mol. The number of pyridine rings is 1. The van der Waals surface area contributed by atoms with Crippen LogP contribution in [0.2, 0.25) is 0 Å². The summed E-state index contributed by atoms with van der Waals surface area (Å²) in [5, 5.41) is 8.88. The number of carbonyl (C=O) groups excluding carboxylic acids is 2. The number of hydrogen-bond acceptors (Lipinski definition) is 4. The highest BCUT2D eigenvalue weighted by atomic mass is 16.2. The number of hydrogen-bond donors (Lipinski definition) is 4. The Bertz CT molecular complexity index is 1100. The number of aromatic nitrogens is 1. The number of amides is 2. The van der Waals surface area contributed by atoms with E-state index in [1.807, 2.05) is 18.2 Å². The van der Waals surface area contributed by atoms with Crippen LogP contribution in [-0.2, 0) is 17.8 Å². The molecule has 28 heavy (non-hydrogen) atoms. The van der Waals surface area contributed by atoms with Gasteiger partial charge >= 0.3 is 0 Å². The lowest BCUT2D eigenvalue weighted by atomic mass is 10.1. The molecule has 0 radical (unpaired) electrons. The van der Waals surface area contributed by atoms with Gasteiger partial charge in [0.2, 0.25) is 11.5 Å². The highest BCUT2D eigenvalue weighted by Crippen LogP contribution is 2.26. The van der Waals surface area contributed by atoms with E-state index in [4.69, 9.17) is 0 Å². The number of para-hydroxylation sites is 1. The van der Waals surface area contributed by atoms with Crippen molar-refractivity contribution in [1.82, 2.24) is 4.98 Å². The Morgan fingerprint density at radius 2 is 1.89 bits per heavy atom. The van der Waals surface area contributed by atoms with Crippen LogP contribution in [0.3, 0.4) is 0 Å². The zero-order valence-corrected chi connectivity index (χ0v) is 14.9. The Morgan fingerprint density at radius 3 is 2.71 bits per heavy atom. The first-order valence-electron chi connectivity index (χ1n) is 8.83. The van der Waals surface area contributed by atoms with Crippen molar-refractivity contribution in [3.63, 3.8) is 0 Å². The van der Waals surface area contributed by atoms with Crippen molar-refractivity contribution in [2.45, 2.75) is 13.0 Å². The van der Waals surface area contributed by atoms with Crippen molar-refractivity contribution >= 4 is 28.9 Å². The zero-order chi connectivity index (χ0) is 19.5. The lowest BCUT2D eigenvalue weighted by molar-refractivity contribution is -0.115. The third kappa shape index (κ3) is 3.78. The van der Waals surface area contributed by atoms with E-state index in [0.717, 1.165) is 16.8 Å². The molecule has 2 aromatic carbocycles. The minimum absolute atomic E-state index is 0.0460. The Kier molecular flexibility index (Phi) is 4.63. The Morgan fingerprint density at radius 1 is 1.04 bits per heavy atom. The first-order chi connectivity index (χ1) is 13.6. The second-order valence-electron chi connectivity index (χ2n) is 6.51. The summed E-state index contributed by atoms with van der Waals surface area (Å²) in [4.78, 5) is 38.0. The third-order valence-electron chi connectivity index (χ3n) is 4.49. The quantitative estimate of drug-likeness (QED) is 0.551. The summed E-state index contributed by atoms with van der Waals surface area (Å²) in [5.41, 5.74) is 4.21. The molecule has 1 aliphatic heterocycles. The maximum Gasteiger partial charge on any atom is 0.257 e. The van der Waals surface area contributed by atoms with E-state index in [9.17, 15) is 14.4 Å². The fraction of sp³-hybridized carbons (Fsp3) is 0.0952. The predicted octanol–water partition coefficient (Wildman–Crippen LogP) is 2.73. The molecule has 0 unspecified atom stereocenters. The number of anilines is 3. The fourth-order valence-electron chi connectivity index (χ4n) is 3.09. The highest BCUT2D eigenvalue weighted by molar-refractivity contribution is 6.08. The van der Waals surface area contributed by atoms with Crippen LogP contribution < -0.4 is 21.5 Å². The lowest BCUT2D eigenvalue weighted by Gasteiger charge is -2.13. The van der Waals surface area contributed by atoms with Gasteiger partial charge in [0, 0.05) is 35.9 Å². The van der Waals surface area contributed by atoms with Crippen molar-refractivity contribution < 1.29 is 9.59 Å². The van der Waals surface area contributed by atoms with E-state index in [-0.39, 0.29) is 17.4 Å². The number of fused-ring (bicyclic) bond motifs is 1. The van der Waals surface area contributed by atoms with Gasteiger partial charge in [0.05, 0.1) is 12.0 Å². The minimum atomic E-state index is -0.248. The molecule has 0 atom stereocenters. The predicted molar refractivity (Wildman–Crippen MR) is 108 cm³/mol. The Labute approximate surface area is 160 Å². The van der Waals surface area contributed by atoms with Crippen molar-refractivity contribution in [1.29, 1.82) is 0 Å². The number of nitrogens with one attached hydrogen (secondary N) is 4. The van der Waals surface area contributed by atoms with Gasteiger partial charge in [-0.25, -0.2) is 0 Å².